The van der Waals surface area contributed by atoms with E-state index in [2.05, 4.69) is 11.9 Å². The highest BCUT2D eigenvalue weighted by atomic mass is 16.5. The molecule has 1 aliphatic rings. The molecule has 1 aliphatic heterocycles. The number of methoxy groups -OCH3 is 1. The Balaban J connectivity index is 1.91. The molecule has 0 saturated heterocycles. The minimum absolute atomic E-state index is 0.0533. The van der Waals surface area contributed by atoms with E-state index < -0.39 is 5.41 Å². The molecular formula is C22H24N2O4. The van der Waals surface area contributed by atoms with Crippen LogP contribution in [0.2, 0.25) is 0 Å². The highest BCUT2D eigenvalue weighted by Crippen LogP contribution is 2.38. The molecule has 1 N–H and O–H groups in total. The van der Waals surface area contributed by atoms with Crippen LogP contribution < -0.4 is 19.7 Å². The molecule has 3 rings (SSSR count). The van der Waals surface area contributed by atoms with E-state index in [4.69, 9.17) is 9.47 Å². The summed E-state index contributed by atoms with van der Waals surface area (Å²) < 4.78 is 11.0. The smallest absolute Gasteiger partial charge is 0.255 e. The molecule has 0 fully saturated rings. The van der Waals surface area contributed by atoms with Crippen molar-refractivity contribution in [2.24, 2.45) is 5.41 Å². The Morgan fingerprint density at radius 1 is 1.32 bits per heavy atom. The van der Waals surface area contributed by atoms with E-state index in [9.17, 15) is 9.59 Å². The highest BCUT2D eigenvalue weighted by Gasteiger charge is 2.37. The van der Waals surface area contributed by atoms with Crippen LogP contribution in [-0.2, 0) is 4.79 Å². The topological polar surface area (TPSA) is 67.9 Å². The summed E-state index contributed by atoms with van der Waals surface area (Å²) in [5.41, 5.74) is 0.993. The van der Waals surface area contributed by atoms with Gasteiger partial charge in [0.2, 0.25) is 5.91 Å². The molecule has 28 heavy (non-hydrogen) atoms. The Labute approximate surface area is 164 Å². The van der Waals surface area contributed by atoms with Gasteiger partial charge in [-0.1, -0.05) is 12.1 Å². The van der Waals surface area contributed by atoms with Gasteiger partial charge in [-0.15, -0.1) is 6.58 Å². The Morgan fingerprint density at radius 2 is 2.11 bits per heavy atom. The first-order valence-corrected chi connectivity index (χ1v) is 9.01. The molecule has 0 saturated carbocycles. The number of carbonyl (C=O) groups is 2. The first-order valence-electron chi connectivity index (χ1n) is 9.01. The first-order chi connectivity index (χ1) is 13.4. The fourth-order valence-corrected chi connectivity index (χ4v) is 3.00. The van der Waals surface area contributed by atoms with E-state index in [-0.39, 0.29) is 18.4 Å². The number of ether oxygens (including phenoxy) is 2. The lowest BCUT2D eigenvalue weighted by Gasteiger charge is -2.27. The van der Waals surface area contributed by atoms with E-state index in [0.29, 0.717) is 35.0 Å². The van der Waals surface area contributed by atoms with Crippen LogP contribution in [0, 0.1) is 5.41 Å². The lowest BCUT2D eigenvalue weighted by atomic mass is 9.93. The lowest BCUT2D eigenvalue weighted by Crippen LogP contribution is -2.42. The van der Waals surface area contributed by atoms with Crippen LogP contribution in [0.25, 0.3) is 0 Å². The number of fused-ring (bicyclic) bond motifs is 1. The van der Waals surface area contributed by atoms with Crippen molar-refractivity contribution in [3.05, 3.63) is 60.7 Å². The molecule has 0 atom stereocenters. The van der Waals surface area contributed by atoms with Crippen LogP contribution in [0.5, 0.6) is 11.5 Å². The Bertz CT molecular complexity index is 921. The SMILES string of the molecule is C=CCN1C(=O)C(C)(C)COc2ccc(NC(=O)c3cccc(OC)c3)cc21. The third kappa shape index (κ3) is 3.86. The number of nitrogens with zero attached hydrogens (tertiary/aromatic N) is 1. The Morgan fingerprint density at radius 3 is 2.82 bits per heavy atom. The maximum atomic E-state index is 12.9. The minimum Gasteiger partial charge on any atom is -0.497 e. The maximum absolute atomic E-state index is 12.9. The molecule has 6 nitrogen and oxygen atoms in total. The van der Waals surface area contributed by atoms with Gasteiger partial charge in [0.05, 0.1) is 18.2 Å². The molecule has 0 aromatic heterocycles. The predicted molar refractivity (Wildman–Crippen MR) is 109 cm³/mol. The molecule has 0 bridgehead atoms. The summed E-state index contributed by atoms with van der Waals surface area (Å²) in [7, 11) is 1.55. The van der Waals surface area contributed by atoms with Crippen molar-refractivity contribution >= 4 is 23.2 Å². The van der Waals surface area contributed by atoms with Crippen molar-refractivity contribution in [2.75, 3.05) is 30.5 Å². The van der Waals surface area contributed by atoms with Crippen molar-refractivity contribution in [2.45, 2.75) is 13.8 Å². The third-order valence-electron chi connectivity index (χ3n) is 4.56. The largest absolute Gasteiger partial charge is 0.497 e. The van der Waals surface area contributed by atoms with E-state index in [1.54, 1.807) is 60.6 Å². The fraction of sp³-hybridized carbons (Fsp3) is 0.273. The van der Waals surface area contributed by atoms with Crippen LogP contribution in [0.4, 0.5) is 11.4 Å². The summed E-state index contributed by atoms with van der Waals surface area (Å²) in [5.74, 6) is 0.880. The molecule has 0 spiro atoms. The van der Waals surface area contributed by atoms with Crippen molar-refractivity contribution < 1.29 is 19.1 Å². The van der Waals surface area contributed by atoms with E-state index >= 15 is 0 Å². The van der Waals surface area contributed by atoms with Crippen LogP contribution in [0.3, 0.4) is 0 Å². The second-order valence-electron chi connectivity index (χ2n) is 7.25. The Hall–Kier alpha value is -3.28. The van der Waals surface area contributed by atoms with E-state index in [1.165, 1.54) is 0 Å². The Kier molecular flexibility index (Phi) is 5.40. The van der Waals surface area contributed by atoms with Gasteiger partial charge in [-0.25, -0.2) is 0 Å². The molecule has 6 heteroatoms. The van der Waals surface area contributed by atoms with Gasteiger partial charge in [0, 0.05) is 17.8 Å². The first kappa shape index (κ1) is 19.5. The van der Waals surface area contributed by atoms with Gasteiger partial charge in [0.1, 0.15) is 18.1 Å². The number of amides is 2. The van der Waals surface area contributed by atoms with E-state index in [0.717, 1.165) is 0 Å². The second kappa shape index (κ2) is 7.76. The summed E-state index contributed by atoms with van der Waals surface area (Å²) in [5, 5.41) is 2.86. The molecule has 2 aromatic rings. The molecule has 0 radical (unpaired) electrons. The molecule has 2 aromatic carbocycles. The van der Waals surface area contributed by atoms with Crippen LogP contribution in [0.15, 0.2) is 55.1 Å². The number of hydrogen-bond acceptors (Lipinski definition) is 4. The number of rotatable bonds is 5. The molecule has 2 amide bonds. The molecule has 146 valence electrons. The third-order valence-corrected chi connectivity index (χ3v) is 4.56. The van der Waals surface area contributed by atoms with Gasteiger partial charge in [-0.05, 0) is 50.2 Å². The van der Waals surface area contributed by atoms with Crippen LogP contribution in [-0.4, -0.2) is 32.1 Å². The summed E-state index contributed by atoms with van der Waals surface area (Å²) >= 11 is 0. The number of nitrogens with one attached hydrogen (secondary N) is 1. The molecule has 0 aliphatic carbocycles. The normalized spacial score (nSPS) is 15.1. The number of anilines is 2. The zero-order chi connectivity index (χ0) is 20.3. The predicted octanol–water partition coefficient (Wildman–Crippen LogP) is 3.89. The van der Waals surface area contributed by atoms with Crippen LogP contribution in [0.1, 0.15) is 24.2 Å². The van der Waals surface area contributed by atoms with Crippen molar-refractivity contribution in [1.29, 1.82) is 0 Å². The average molecular weight is 380 g/mol. The highest BCUT2D eigenvalue weighted by molar-refractivity contribution is 6.05. The van der Waals surface area contributed by atoms with Crippen molar-refractivity contribution in [1.82, 2.24) is 0 Å². The monoisotopic (exact) mass is 380 g/mol. The zero-order valence-corrected chi connectivity index (χ0v) is 16.3. The molecule has 0 unspecified atom stereocenters. The minimum atomic E-state index is -0.661. The number of hydrogen-bond donors (Lipinski definition) is 1. The number of benzene rings is 2. The van der Waals surface area contributed by atoms with Gasteiger partial charge >= 0.3 is 0 Å². The summed E-state index contributed by atoms with van der Waals surface area (Å²) in [4.78, 5) is 27.2. The second-order valence-corrected chi connectivity index (χ2v) is 7.25. The fourth-order valence-electron chi connectivity index (χ4n) is 3.00. The van der Waals surface area contributed by atoms with Gasteiger partial charge in [0.25, 0.3) is 5.91 Å². The zero-order valence-electron chi connectivity index (χ0n) is 16.3. The number of carbonyl (C=O) groups excluding carboxylic acids is 2. The lowest BCUT2D eigenvalue weighted by molar-refractivity contribution is -0.127. The van der Waals surface area contributed by atoms with Crippen molar-refractivity contribution in [3.8, 4) is 11.5 Å². The summed E-state index contributed by atoms with van der Waals surface area (Å²) in [6.45, 7) is 8.08. The van der Waals surface area contributed by atoms with E-state index in [1.807, 2.05) is 13.8 Å². The van der Waals surface area contributed by atoms with Gasteiger partial charge in [-0.3, -0.25) is 9.59 Å². The van der Waals surface area contributed by atoms with Crippen molar-refractivity contribution in [3.63, 3.8) is 0 Å². The van der Waals surface area contributed by atoms with Gasteiger partial charge in [0.15, 0.2) is 0 Å². The average Bonchev–Trinajstić information content (AvgIpc) is 2.78. The van der Waals surface area contributed by atoms with Gasteiger partial charge in [-0.2, -0.15) is 0 Å². The summed E-state index contributed by atoms with van der Waals surface area (Å²) in [6.07, 6.45) is 1.67. The maximum Gasteiger partial charge on any atom is 0.255 e. The molecular weight excluding hydrogens is 356 g/mol. The van der Waals surface area contributed by atoms with Crippen LogP contribution >= 0.6 is 0 Å². The quantitative estimate of drug-likeness (QED) is 0.799. The molecule has 1 heterocycles. The van der Waals surface area contributed by atoms with Gasteiger partial charge < -0.3 is 19.7 Å². The summed E-state index contributed by atoms with van der Waals surface area (Å²) in [6, 6.07) is 12.2. The standard InChI is InChI=1S/C22H24N2O4/c1-5-11-24-18-13-16(9-10-19(18)28-14-22(2,3)21(24)26)23-20(25)15-7-6-8-17(12-15)27-4/h5-10,12-13H,1,11,14H2,2-4H3,(H,23,25).